The lowest BCUT2D eigenvalue weighted by Gasteiger charge is -2.13. The van der Waals surface area contributed by atoms with Crippen molar-refractivity contribution >= 4 is 20.0 Å². The fraction of sp³-hybridized carbons (Fsp3) is 0.217. The summed E-state index contributed by atoms with van der Waals surface area (Å²) in [6.07, 6.45) is 0.943. The minimum atomic E-state index is -4.38. The van der Waals surface area contributed by atoms with Crippen molar-refractivity contribution in [1.82, 2.24) is 0 Å². The van der Waals surface area contributed by atoms with Crippen LogP contribution in [-0.2, 0) is 20.0 Å². The molecule has 0 atom stereocenters. The molecule has 0 fully saturated rings. The Labute approximate surface area is 188 Å². The highest BCUT2D eigenvalue weighted by atomic mass is 32.2. The van der Waals surface area contributed by atoms with Gasteiger partial charge in [-0.05, 0) is 55.8 Å². The molecule has 9 heteroatoms. The second-order valence-corrected chi connectivity index (χ2v) is 10.7. The second kappa shape index (κ2) is 9.62. The zero-order valence-electron chi connectivity index (χ0n) is 17.9. The summed E-state index contributed by atoms with van der Waals surface area (Å²) in [6, 6.07) is 17.6. The number of rotatable bonds is 9. The van der Waals surface area contributed by atoms with Crippen LogP contribution in [0.15, 0.2) is 76.5 Å². The predicted octanol–water partition coefficient (Wildman–Crippen LogP) is 3.93. The maximum atomic E-state index is 12.8. The molecule has 7 nitrogen and oxygen atoms in total. The molecule has 3 rings (SSSR count). The maximum Gasteiger partial charge on any atom is 0.340 e. The van der Waals surface area contributed by atoms with Gasteiger partial charge in [0.25, 0.3) is 0 Å². The SMILES string of the molecule is Cc1ccc(OCCOc2cc(C)cc(OS(=O)(=O)c3ccccc3S(C)(=O)=O)c2)cc1. The monoisotopic (exact) mass is 476 g/mol. The minimum Gasteiger partial charge on any atom is -0.490 e. The number of sulfone groups is 1. The van der Waals surface area contributed by atoms with E-state index in [1.54, 1.807) is 13.0 Å². The standard InChI is InChI=1S/C23H24O7S2/c1-17-8-10-19(11-9-17)28-12-13-29-20-14-18(2)15-21(16-20)30-32(26,27)23-7-5-4-6-22(23)31(3,24)25/h4-11,14-16H,12-13H2,1-3H3. The van der Waals surface area contributed by atoms with E-state index >= 15 is 0 Å². The van der Waals surface area contributed by atoms with Gasteiger partial charge < -0.3 is 13.7 Å². The Balaban J connectivity index is 1.71. The molecule has 0 radical (unpaired) electrons. The zero-order chi connectivity index (χ0) is 23.4. The normalized spacial score (nSPS) is 11.7. The van der Waals surface area contributed by atoms with Gasteiger partial charge in [0.05, 0.1) is 4.90 Å². The minimum absolute atomic E-state index is 0.0164. The van der Waals surface area contributed by atoms with Crippen LogP contribution >= 0.6 is 0 Å². The topological polar surface area (TPSA) is 96.0 Å². The summed E-state index contributed by atoms with van der Waals surface area (Å²) in [6.45, 7) is 4.29. The van der Waals surface area contributed by atoms with E-state index in [1.807, 2.05) is 31.2 Å². The lowest BCUT2D eigenvalue weighted by molar-refractivity contribution is 0.217. The summed E-state index contributed by atoms with van der Waals surface area (Å²) in [5, 5.41) is 0. The van der Waals surface area contributed by atoms with Gasteiger partial charge in [0, 0.05) is 12.3 Å². The largest absolute Gasteiger partial charge is 0.490 e. The van der Waals surface area contributed by atoms with Gasteiger partial charge in [-0.1, -0.05) is 29.8 Å². The van der Waals surface area contributed by atoms with Crippen LogP contribution in [-0.4, -0.2) is 36.3 Å². The molecule has 3 aromatic carbocycles. The highest BCUT2D eigenvalue weighted by Gasteiger charge is 2.25. The summed E-state index contributed by atoms with van der Waals surface area (Å²) in [5.74, 6) is 1.14. The van der Waals surface area contributed by atoms with E-state index in [0.717, 1.165) is 17.6 Å². The summed E-state index contributed by atoms with van der Waals surface area (Å²) in [5.41, 5.74) is 1.85. The molecule has 0 aliphatic heterocycles. The fourth-order valence-electron chi connectivity index (χ4n) is 2.93. The van der Waals surface area contributed by atoms with Crippen molar-refractivity contribution in [3.63, 3.8) is 0 Å². The number of hydrogen-bond donors (Lipinski definition) is 0. The van der Waals surface area contributed by atoms with Crippen LogP contribution in [0.3, 0.4) is 0 Å². The van der Waals surface area contributed by atoms with Gasteiger partial charge in [-0.3, -0.25) is 0 Å². The van der Waals surface area contributed by atoms with Crippen LogP contribution < -0.4 is 13.7 Å². The molecule has 0 spiro atoms. The number of ether oxygens (including phenoxy) is 2. The van der Waals surface area contributed by atoms with Crippen LogP contribution in [0.1, 0.15) is 11.1 Å². The molecule has 0 amide bonds. The van der Waals surface area contributed by atoms with Crippen molar-refractivity contribution < 1.29 is 30.5 Å². The van der Waals surface area contributed by atoms with Crippen LogP contribution in [0, 0.1) is 13.8 Å². The molecule has 0 aromatic heterocycles. The van der Waals surface area contributed by atoms with Crippen molar-refractivity contribution in [2.45, 2.75) is 23.6 Å². The maximum absolute atomic E-state index is 12.8. The van der Waals surface area contributed by atoms with E-state index in [1.165, 1.54) is 36.4 Å². The third-order valence-corrected chi connectivity index (χ3v) is 6.98. The lowest BCUT2D eigenvalue weighted by atomic mass is 10.2. The predicted molar refractivity (Wildman–Crippen MR) is 121 cm³/mol. The summed E-state index contributed by atoms with van der Waals surface area (Å²) in [7, 11) is -8.15. The Hall–Kier alpha value is -3.04. The van der Waals surface area contributed by atoms with Crippen LogP contribution in [0.5, 0.6) is 17.2 Å². The van der Waals surface area contributed by atoms with E-state index in [2.05, 4.69) is 0 Å². The number of benzene rings is 3. The molecule has 3 aromatic rings. The molecule has 0 aliphatic rings. The summed E-state index contributed by atoms with van der Waals surface area (Å²) >= 11 is 0. The van der Waals surface area contributed by atoms with Gasteiger partial charge in [-0.2, -0.15) is 8.42 Å². The Morgan fingerprint density at radius 2 is 1.22 bits per heavy atom. The van der Waals surface area contributed by atoms with E-state index < -0.39 is 24.9 Å². The van der Waals surface area contributed by atoms with Crippen molar-refractivity contribution in [2.24, 2.45) is 0 Å². The van der Waals surface area contributed by atoms with Gasteiger partial charge in [0.15, 0.2) is 9.84 Å². The van der Waals surface area contributed by atoms with E-state index in [4.69, 9.17) is 13.7 Å². The van der Waals surface area contributed by atoms with E-state index in [-0.39, 0.29) is 17.3 Å². The number of aryl methyl sites for hydroxylation is 2. The molecule has 0 unspecified atom stereocenters. The van der Waals surface area contributed by atoms with Crippen LogP contribution in [0.25, 0.3) is 0 Å². The van der Waals surface area contributed by atoms with Gasteiger partial charge in [0.1, 0.15) is 35.4 Å². The molecule has 0 N–H and O–H groups in total. The molecular formula is C23H24O7S2. The molecule has 32 heavy (non-hydrogen) atoms. The zero-order valence-corrected chi connectivity index (χ0v) is 19.6. The van der Waals surface area contributed by atoms with E-state index in [0.29, 0.717) is 17.9 Å². The third-order valence-electron chi connectivity index (χ3n) is 4.39. The quantitative estimate of drug-likeness (QED) is 0.341. The molecule has 0 saturated carbocycles. The van der Waals surface area contributed by atoms with Gasteiger partial charge >= 0.3 is 10.1 Å². The summed E-state index contributed by atoms with van der Waals surface area (Å²) < 4.78 is 66.0. The van der Waals surface area contributed by atoms with Crippen molar-refractivity contribution in [3.05, 3.63) is 77.9 Å². The van der Waals surface area contributed by atoms with Gasteiger partial charge in [-0.15, -0.1) is 0 Å². The molecule has 0 heterocycles. The summed E-state index contributed by atoms with van der Waals surface area (Å²) in [4.78, 5) is -0.740. The first-order valence-corrected chi connectivity index (χ1v) is 13.0. The fourth-order valence-corrected chi connectivity index (χ4v) is 5.45. The Morgan fingerprint density at radius 1 is 0.656 bits per heavy atom. The van der Waals surface area contributed by atoms with Crippen molar-refractivity contribution in [2.75, 3.05) is 19.5 Å². The lowest BCUT2D eigenvalue weighted by Crippen LogP contribution is -2.14. The molecular weight excluding hydrogens is 452 g/mol. The van der Waals surface area contributed by atoms with Gasteiger partial charge in [-0.25, -0.2) is 8.42 Å². The Bertz CT molecular complexity index is 1300. The average Bonchev–Trinajstić information content (AvgIpc) is 2.71. The van der Waals surface area contributed by atoms with Gasteiger partial charge in [0.2, 0.25) is 0 Å². The van der Waals surface area contributed by atoms with Crippen LogP contribution in [0.4, 0.5) is 0 Å². The number of hydrogen-bond acceptors (Lipinski definition) is 7. The Morgan fingerprint density at radius 3 is 1.84 bits per heavy atom. The smallest absolute Gasteiger partial charge is 0.340 e. The van der Waals surface area contributed by atoms with E-state index in [9.17, 15) is 16.8 Å². The molecule has 0 aliphatic carbocycles. The Kier molecular flexibility index (Phi) is 7.10. The molecule has 170 valence electrons. The average molecular weight is 477 g/mol. The highest BCUT2D eigenvalue weighted by molar-refractivity contribution is 7.92. The van der Waals surface area contributed by atoms with Crippen molar-refractivity contribution in [1.29, 1.82) is 0 Å². The highest BCUT2D eigenvalue weighted by Crippen LogP contribution is 2.28. The molecule has 0 bridgehead atoms. The van der Waals surface area contributed by atoms with Crippen LogP contribution in [0.2, 0.25) is 0 Å². The first kappa shape index (κ1) is 23.6. The molecule has 0 saturated heterocycles. The first-order chi connectivity index (χ1) is 15.0. The first-order valence-electron chi connectivity index (χ1n) is 9.72. The third kappa shape index (κ3) is 6.24. The van der Waals surface area contributed by atoms with Crippen molar-refractivity contribution in [3.8, 4) is 17.2 Å². The second-order valence-electron chi connectivity index (χ2n) is 7.25.